The fraction of sp³-hybridized carbons (Fsp3) is 0.467. The number of benzene rings is 1. The summed E-state index contributed by atoms with van der Waals surface area (Å²) in [6, 6.07) is 3.60. The molecule has 0 bridgehead atoms. The highest BCUT2D eigenvalue weighted by atomic mass is 16.4. The minimum atomic E-state index is -1.19. The predicted octanol–water partition coefficient (Wildman–Crippen LogP) is 2.89. The number of aromatic hydroxyl groups is 1. The van der Waals surface area contributed by atoms with Crippen molar-refractivity contribution in [1.29, 1.82) is 0 Å². The van der Waals surface area contributed by atoms with Crippen molar-refractivity contribution < 1.29 is 19.8 Å². The molecule has 1 aromatic carbocycles. The summed E-state index contributed by atoms with van der Waals surface area (Å²) in [7, 11) is 0. The molecular weight excluding hydrogens is 272 g/mol. The van der Waals surface area contributed by atoms with Crippen molar-refractivity contribution in [3.63, 3.8) is 0 Å². The summed E-state index contributed by atoms with van der Waals surface area (Å²) >= 11 is 0. The molecule has 0 aliphatic carbocycles. The van der Waals surface area contributed by atoms with E-state index in [4.69, 9.17) is 5.11 Å². The van der Waals surface area contributed by atoms with Crippen LogP contribution in [0.4, 0.5) is 10.5 Å². The van der Waals surface area contributed by atoms with Gasteiger partial charge in [-0.3, -0.25) is 0 Å². The molecule has 1 fully saturated rings. The number of hydrogen-bond donors (Lipinski definition) is 3. The summed E-state index contributed by atoms with van der Waals surface area (Å²) in [5.41, 5.74) is 0.0859. The zero-order chi connectivity index (χ0) is 15.2. The minimum absolute atomic E-state index is 0.115. The van der Waals surface area contributed by atoms with Crippen LogP contribution < -0.4 is 5.32 Å². The maximum atomic E-state index is 12.3. The summed E-state index contributed by atoms with van der Waals surface area (Å²) in [5.74, 6) is -1.33. The number of amides is 2. The molecule has 0 atom stereocenters. The average Bonchev–Trinajstić information content (AvgIpc) is 2.40. The largest absolute Gasteiger partial charge is 0.508 e. The highest BCUT2D eigenvalue weighted by Gasteiger charge is 2.18. The lowest BCUT2D eigenvalue weighted by Crippen LogP contribution is -2.37. The van der Waals surface area contributed by atoms with Crippen molar-refractivity contribution in [3.05, 3.63) is 23.8 Å². The van der Waals surface area contributed by atoms with Crippen LogP contribution in [0.25, 0.3) is 0 Å². The molecular formula is C15H20N2O4. The van der Waals surface area contributed by atoms with Crippen LogP contribution in [0.5, 0.6) is 5.75 Å². The first-order chi connectivity index (χ1) is 10.1. The lowest BCUT2D eigenvalue weighted by atomic mass is 10.1. The Morgan fingerprint density at radius 2 is 1.67 bits per heavy atom. The van der Waals surface area contributed by atoms with Crippen molar-refractivity contribution in [2.45, 2.75) is 32.1 Å². The monoisotopic (exact) mass is 292 g/mol. The quantitative estimate of drug-likeness (QED) is 0.731. The number of nitrogens with zero attached hydrogens (tertiary/aromatic N) is 1. The number of carboxylic acid groups (broad SMARTS) is 1. The second kappa shape index (κ2) is 6.97. The molecule has 6 nitrogen and oxygen atoms in total. The molecule has 2 amide bonds. The summed E-state index contributed by atoms with van der Waals surface area (Å²) in [6.45, 7) is 1.37. The maximum absolute atomic E-state index is 12.3. The predicted molar refractivity (Wildman–Crippen MR) is 78.7 cm³/mol. The van der Waals surface area contributed by atoms with Crippen molar-refractivity contribution >= 4 is 17.7 Å². The Bertz CT molecular complexity index is 522. The van der Waals surface area contributed by atoms with Crippen LogP contribution in [0, 0.1) is 0 Å². The number of nitrogens with one attached hydrogen (secondary N) is 1. The van der Waals surface area contributed by atoms with Crippen molar-refractivity contribution in [3.8, 4) is 5.75 Å². The van der Waals surface area contributed by atoms with E-state index >= 15 is 0 Å². The SMILES string of the molecule is O=C(O)c1cc(O)ccc1NC(=O)N1CCCCCCC1. The second-order valence-electron chi connectivity index (χ2n) is 5.22. The molecule has 6 heteroatoms. The maximum Gasteiger partial charge on any atom is 0.337 e. The number of carbonyl (C=O) groups is 2. The fourth-order valence-corrected chi connectivity index (χ4v) is 2.46. The molecule has 0 aromatic heterocycles. The van der Waals surface area contributed by atoms with Gasteiger partial charge in [-0.05, 0) is 31.0 Å². The lowest BCUT2D eigenvalue weighted by molar-refractivity contribution is 0.0697. The van der Waals surface area contributed by atoms with Crippen LogP contribution in [0.15, 0.2) is 18.2 Å². The van der Waals surface area contributed by atoms with Crippen molar-refractivity contribution in [1.82, 2.24) is 4.90 Å². The molecule has 1 saturated heterocycles. The van der Waals surface area contributed by atoms with Gasteiger partial charge in [0.2, 0.25) is 0 Å². The van der Waals surface area contributed by atoms with Gasteiger partial charge in [0.15, 0.2) is 0 Å². The number of carboxylic acids is 1. The number of likely N-dealkylation sites (tertiary alicyclic amines) is 1. The zero-order valence-electron chi connectivity index (χ0n) is 11.8. The van der Waals surface area contributed by atoms with Gasteiger partial charge in [-0.1, -0.05) is 19.3 Å². The molecule has 114 valence electrons. The van der Waals surface area contributed by atoms with Crippen LogP contribution in [0.1, 0.15) is 42.5 Å². The third kappa shape index (κ3) is 4.11. The Morgan fingerprint density at radius 3 is 2.29 bits per heavy atom. The van der Waals surface area contributed by atoms with Crippen LogP contribution in [-0.4, -0.2) is 40.2 Å². The minimum Gasteiger partial charge on any atom is -0.508 e. The molecule has 2 rings (SSSR count). The Hall–Kier alpha value is -2.24. The van der Waals surface area contributed by atoms with Crippen LogP contribution >= 0.6 is 0 Å². The molecule has 1 aliphatic heterocycles. The van der Waals surface area contributed by atoms with E-state index in [0.29, 0.717) is 13.1 Å². The lowest BCUT2D eigenvalue weighted by Gasteiger charge is -2.25. The van der Waals surface area contributed by atoms with Crippen molar-refractivity contribution in [2.24, 2.45) is 0 Å². The van der Waals surface area contributed by atoms with Gasteiger partial charge in [0.1, 0.15) is 5.75 Å². The van der Waals surface area contributed by atoms with Gasteiger partial charge in [0.25, 0.3) is 0 Å². The van der Waals surface area contributed by atoms with E-state index < -0.39 is 5.97 Å². The number of phenolic OH excluding ortho intramolecular Hbond substituents is 1. The second-order valence-corrected chi connectivity index (χ2v) is 5.22. The normalized spacial score (nSPS) is 15.9. The van der Waals surface area contributed by atoms with E-state index in [2.05, 4.69) is 5.32 Å². The first-order valence-electron chi connectivity index (χ1n) is 7.20. The third-order valence-electron chi connectivity index (χ3n) is 3.62. The smallest absolute Gasteiger partial charge is 0.337 e. The number of hydrogen-bond acceptors (Lipinski definition) is 3. The molecule has 0 spiro atoms. The van der Waals surface area contributed by atoms with E-state index in [1.54, 1.807) is 4.90 Å². The van der Waals surface area contributed by atoms with Gasteiger partial charge >= 0.3 is 12.0 Å². The fourth-order valence-electron chi connectivity index (χ4n) is 2.46. The number of anilines is 1. The van der Waals surface area contributed by atoms with Crippen molar-refractivity contribution in [2.75, 3.05) is 18.4 Å². The Labute approximate surface area is 123 Å². The number of aromatic carboxylic acids is 1. The molecule has 1 heterocycles. The Morgan fingerprint density at radius 1 is 1.05 bits per heavy atom. The summed E-state index contributed by atoms with van der Waals surface area (Å²) in [6.07, 6.45) is 5.37. The number of phenols is 1. The first-order valence-corrected chi connectivity index (χ1v) is 7.20. The molecule has 21 heavy (non-hydrogen) atoms. The summed E-state index contributed by atoms with van der Waals surface area (Å²) < 4.78 is 0. The summed E-state index contributed by atoms with van der Waals surface area (Å²) in [4.78, 5) is 25.1. The van der Waals surface area contributed by atoms with Gasteiger partial charge in [0, 0.05) is 13.1 Å². The molecule has 0 saturated carbocycles. The van der Waals surface area contributed by atoms with Crippen LogP contribution in [-0.2, 0) is 0 Å². The van der Waals surface area contributed by atoms with E-state index in [-0.39, 0.29) is 23.0 Å². The van der Waals surface area contributed by atoms with Gasteiger partial charge in [-0.25, -0.2) is 9.59 Å². The van der Waals surface area contributed by atoms with Crippen LogP contribution in [0.2, 0.25) is 0 Å². The average molecular weight is 292 g/mol. The van der Waals surface area contributed by atoms with E-state index in [9.17, 15) is 14.7 Å². The highest BCUT2D eigenvalue weighted by Crippen LogP contribution is 2.22. The van der Waals surface area contributed by atoms with E-state index in [1.165, 1.54) is 18.6 Å². The Kier molecular flexibility index (Phi) is 5.03. The third-order valence-corrected chi connectivity index (χ3v) is 3.62. The van der Waals surface area contributed by atoms with Gasteiger partial charge in [-0.15, -0.1) is 0 Å². The molecule has 1 aromatic rings. The number of rotatable bonds is 2. The Balaban J connectivity index is 2.09. The molecule has 3 N–H and O–H groups in total. The molecule has 0 unspecified atom stereocenters. The summed E-state index contributed by atoms with van der Waals surface area (Å²) in [5, 5.41) is 21.1. The zero-order valence-corrected chi connectivity index (χ0v) is 11.8. The number of carbonyl (C=O) groups excluding carboxylic acids is 1. The first kappa shape index (κ1) is 15.2. The highest BCUT2D eigenvalue weighted by molar-refractivity contribution is 6.00. The van der Waals surface area contributed by atoms with E-state index in [1.807, 2.05) is 0 Å². The van der Waals surface area contributed by atoms with E-state index in [0.717, 1.165) is 31.7 Å². The molecule has 1 aliphatic rings. The molecule has 0 radical (unpaired) electrons. The van der Waals surface area contributed by atoms with Gasteiger partial charge in [-0.2, -0.15) is 0 Å². The van der Waals surface area contributed by atoms with Crippen LogP contribution in [0.3, 0.4) is 0 Å². The standard InChI is InChI=1S/C15H20N2O4/c18-11-6-7-13(12(10-11)14(19)20)16-15(21)17-8-4-2-1-3-5-9-17/h6-7,10,18H,1-5,8-9H2,(H,16,21)(H,19,20). The number of urea groups is 1. The van der Waals surface area contributed by atoms with Gasteiger partial charge in [0.05, 0.1) is 11.3 Å². The topological polar surface area (TPSA) is 89.9 Å². The van der Waals surface area contributed by atoms with Gasteiger partial charge < -0.3 is 20.4 Å².